The smallest absolute Gasteiger partial charge is 0.295 e. The summed E-state index contributed by atoms with van der Waals surface area (Å²) < 4.78 is 20.7. The lowest BCUT2D eigenvalue weighted by molar-refractivity contribution is -0.141. The number of ketones is 1. The highest BCUT2D eigenvalue weighted by Crippen LogP contribution is 2.44. The van der Waals surface area contributed by atoms with Crippen molar-refractivity contribution in [1.82, 2.24) is 4.90 Å². The first-order valence-electron chi connectivity index (χ1n) is 10.3. The second-order valence-corrected chi connectivity index (χ2v) is 8.72. The van der Waals surface area contributed by atoms with Gasteiger partial charge >= 0.3 is 0 Å². The zero-order valence-corrected chi connectivity index (χ0v) is 18.7. The van der Waals surface area contributed by atoms with Gasteiger partial charge < -0.3 is 14.7 Å². The molecule has 2 aromatic carbocycles. The molecule has 5 nitrogen and oxygen atoms in total. The van der Waals surface area contributed by atoms with E-state index in [1.54, 1.807) is 36.4 Å². The molecule has 4 rings (SSSR count). The Morgan fingerprint density at radius 2 is 1.84 bits per heavy atom. The molecular weight excluding hydrogens is 465 g/mol. The third-order valence-corrected chi connectivity index (χ3v) is 6.69. The standard InChI is InChI=1S/C24H23BrFNO4/c1-31-19-12-11-14(13-17(19)25)22(28)20-21(16-9-5-6-10-18(16)26)27(24(30)23(20)29)15-7-3-2-4-8-15/h5-6,9-13,15,21,28H,2-4,7-8H2,1H3/b22-20+. The molecule has 1 unspecified atom stereocenters. The van der Waals surface area contributed by atoms with Gasteiger partial charge in [0.15, 0.2) is 0 Å². The summed E-state index contributed by atoms with van der Waals surface area (Å²) in [7, 11) is 1.52. The van der Waals surface area contributed by atoms with Crippen molar-refractivity contribution < 1.29 is 23.8 Å². The minimum atomic E-state index is -0.967. The Bertz CT molecular complexity index is 1060. The molecule has 1 aliphatic heterocycles. The Kier molecular flexibility index (Phi) is 6.14. The van der Waals surface area contributed by atoms with Crippen molar-refractivity contribution in [3.63, 3.8) is 0 Å². The lowest BCUT2D eigenvalue weighted by Gasteiger charge is -2.35. The number of likely N-dealkylation sites (tertiary alicyclic amines) is 1. The van der Waals surface area contributed by atoms with E-state index in [9.17, 15) is 19.1 Å². The zero-order valence-electron chi connectivity index (χ0n) is 17.1. The molecule has 1 saturated carbocycles. The van der Waals surface area contributed by atoms with Crippen molar-refractivity contribution in [2.75, 3.05) is 7.11 Å². The fraction of sp³-hybridized carbons (Fsp3) is 0.333. The average molecular weight is 488 g/mol. The van der Waals surface area contributed by atoms with Gasteiger partial charge in [-0.1, -0.05) is 37.5 Å². The van der Waals surface area contributed by atoms with Crippen molar-refractivity contribution in [2.45, 2.75) is 44.2 Å². The minimum absolute atomic E-state index is 0.0854. The number of benzene rings is 2. The average Bonchev–Trinajstić information content (AvgIpc) is 3.04. The van der Waals surface area contributed by atoms with Crippen molar-refractivity contribution in [1.29, 1.82) is 0 Å². The number of Topliss-reactive ketones (excluding diaryl/α,β-unsaturated/α-hetero) is 1. The number of nitrogens with zero attached hydrogens (tertiary/aromatic N) is 1. The van der Waals surface area contributed by atoms with Crippen LogP contribution in [-0.4, -0.2) is 34.8 Å². The summed E-state index contributed by atoms with van der Waals surface area (Å²) in [6.45, 7) is 0. The zero-order chi connectivity index (χ0) is 22.1. The Morgan fingerprint density at radius 1 is 1.13 bits per heavy atom. The van der Waals surface area contributed by atoms with Gasteiger partial charge in [-0.05, 0) is 53.0 Å². The van der Waals surface area contributed by atoms with Crippen molar-refractivity contribution in [3.05, 3.63) is 69.5 Å². The summed E-state index contributed by atoms with van der Waals surface area (Å²) in [5, 5.41) is 11.1. The third-order valence-electron chi connectivity index (χ3n) is 6.07. The van der Waals surface area contributed by atoms with Crippen molar-refractivity contribution >= 4 is 33.4 Å². The van der Waals surface area contributed by atoms with E-state index in [0.717, 1.165) is 32.1 Å². The predicted molar refractivity (Wildman–Crippen MR) is 118 cm³/mol. The molecular formula is C24H23BrFNO4. The number of carbonyl (C=O) groups is 2. The highest BCUT2D eigenvalue weighted by atomic mass is 79.9. The number of aliphatic hydroxyl groups is 1. The number of amides is 1. The maximum atomic E-state index is 14.9. The summed E-state index contributed by atoms with van der Waals surface area (Å²) in [5.74, 6) is -1.76. The second-order valence-electron chi connectivity index (χ2n) is 7.87. The highest BCUT2D eigenvalue weighted by Gasteiger charge is 2.49. The second kappa shape index (κ2) is 8.83. The van der Waals surface area contributed by atoms with Crippen molar-refractivity contribution in [3.8, 4) is 5.75 Å². The van der Waals surface area contributed by atoms with E-state index in [-0.39, 0.29) is 22.9 Å². The molecule has 0 aromatic heterocycles. The van der Waals surface area contributed by atoms with Gasteiger partial charge in [-0.15, -0.1) is 0 Å². The van der Waals surface area contributed by atoms with E-state index < -0.39 is 23.5 Å². The molecule has 162 valence electrons. The van der Waals surface area contributed by atoms with Crippen LogP contribution in [0.1, 0.15) is 49.3 Å². The van der Waals surface area contributed by atoms with Crippen LogP contribution in [0.25, 0.3) is 5.76 Å². The van der Waals surface area contributed by atoms with Crippen LogP contribution < -0.4 is 4.74 Å². The molecule has 2 aromatic rings. The summed E-state index contributed by atoms with van der Waals surface area (Å²) in [6.07, 6.45) is 4.48. The monoisotopic (exact) mass is 487 g/mol. The van der Waals surface area contributed by atoms with Crippen LogP contribution in [0.2, 0.25) is 0 Å². The molecule has 1 N–H and O–H groups in total. The van der Waals surface area contributed by atoms with E-state index in [2.05, 4.69) is 15.9 Å². The number of ether oxygens (including phenoxy) is 1. The van der Waals surface area contributed by atoms with Crippen molar-refractivity contribution in [2.24, 2.45) is 0 Å². The molecule has 1 aliphatic carbocycles. The molecule has 0 spiro atoms. The van der Waals surface area contributed by atoms with E-state index in [1.165, 1.54) is 18.1 Å². The summed E-state index contributed by atoms with van der Waals surface area (Å²) >= 11 is 3.38. The number of carbonyl (C=O) groups excluding carboxylic acids is 2. The minimum Gasteiger partial charge on any atom is -0.507 e. The normalized spacial score (nSPS) is 21.5. The van der Waals surface area contributed by atoms with E-state index in [0.29, 0.717) is 15.8 Å². The number of halogens is 2. The van der Waals surface area contributed by atoms with Gasteiger partial charge in [0.1, 0.15) is 17.3 Å². The summed E-state index contributed by atoms with van der Waals surface area (Å²) in [6, 6.07) is 9.84. The largest absolute Gasteiger partial charge is 0.507 e. The van der Waals surface area contributed by atoms with E-state index >= 15 is 0 Å². The van der Waals surface area contributed by atoms with Gasteiger partial charge in [0.2, 0.25) is 0 Å². The molecule has 0 bridgehead atoms. The number of methoxy groups -OCH3 is 1. The van der Waals surface area contributed by atoms with Crippen LogP contribution in [0, 0.1) is 5.82 Å². The SMILES string of the molecule is COc1ccc(/C(O)=C2\C(=O)C(=O)N(C3CCCCC3)C2c2ccccc2F)cc1Br. The quantitative estimate of drug-likeness (QED) is 0.358. The molecule has 1 atom stereocenters. The Labute approximate surface area is 188 Å². The topological polar surface area (TPSA) is 66.8 Å². The molecule has 31 heavy (non-hydrogen) atoms. The maximum Gasteiger partial charge on any atom is 0.295 e. The van der Waals surface area contributed by atoms with Gasteiger partial charge in [0.05, 0.1) is 23.2 Å². The van der Waals surface area contributed by atoms with Gasteiger partial charge in [0, 0.05) is 17.2 Å². The lowest BCUT2D eigenvalue weighted by atomic mass is 9.90. The Balaban J connectivity index is 1.89. The van der Waals surface area contributed by atoms with Crippen LogP contribution in [0.4, 0.5) is 4.39 Å². The van der Waals surface area contributed by atoms with Gasteiger partial charge in [-0.25, -0.2) is 4.39 Å². The molecule has 1 amide bonds. The van der Waals surface area contributed by atoms with Crippen LogP contribution in [0.5, 0.6) is 5.75 Å². The first kappa shape index (κ1) is 21.6. The molecule has 0 radical (unpaired) electrons. The van der Waals surface area contributed by atoms with Crippen LogP contribution >= 0.6 is 15.9 Å². The fourth-order valence-electron chi connectivity index (χ4n) is 4.56. The molecule has 7 heteroatoms. The number of hydrogen-bond acceptors (Lipinski definition) is 4. The maximum absolute atomic E-state index is 14.9. The van der Waals surface area contributed by atoms with Gasteiger partial charge in [0.25, 0.3) is 11.7 Å². The van der Waals surface area contributed by atoms with Crippen LogP contribution in [-0.2, 0) is 9.59 Å². The van der Waals surface area contributed by atoms with Crippen LogP contribution in [0.15, 0.2) is 52.5 Å². The summed E-state index contributed by atoms with van der Waals surface area (Å²) in [5.41, 5.74) is 0.467. The third kappa shape index (κ3) is 3.87. The first-order valence-corrected chi connectivity index (χ1v) is 11.1. The fourth-order valence-corrected chi connectivity index (χ4v) is 5.10. The predicted octanol–water partition coefficient (Wildman–Crippen LogP) is 5.35. The van der Waals surface area contributed by atoms with E-state index in [1.807, 2.05) is 0 Å². The van der Waals surface area contributed by atoms with Crippen LogP contribution in [0.3, 0.4) is 0 Å². The Morgan fingerprint density at radius 3 is 2.48 bits per heavy atom. The summed E-state index contributed by atoms with van der Waals surface area (Å²) in [4.78, 5) is 27.7. The number of rotatable bonds is 4. The molecule has 2 aliphatic rings. The number of aliphatic hydroxyl groups excluding tert-OH is 1. The lowest BCUT2D eigenvalue weighted by Crippen LogP contribution is -2.40. The van der Waals surface area contributed by atoms with E-state index in [4.69, 9.17) is 4.74 Å². The first-order chi connectivity index (χ1) is 14.9. The number of hydrogen-bond donors (Lipinski definition) is 1. The molecule has 2 fully saturated rings. The van der Waals surface area contributed by atoms with Gasteiger partial charge in [-0.2, -0.15) is 0 Å². The van der Waals surface area contributed by atoms with Gasteiger partial charge in [-0.3, -0.25) is 9.59 Å². The molecule has 1 saturated heterocycles. The molecule has 1 heterocycles. The Hall–Kier alpha value is -2.67. The highest BCUT2D eigenvalue weighted by molar-refractivity contribution is 9.10.